The molecule has 37 heavy (non-hydrogen) atoms. The van der Waals surface area contributed by atoms with Gasteiger partial charge in [0.25, 0.3) is 0 Å². The van der Waals surface area contributed by atoms with Gasteiger partial charge in [0.05, 0.1) is 6.04 Å². The highest BCUT2D eigenvalue weighted by Crippen LogP contribution is 2.39. The van der Waals surface area contributed by atoms with Gasteiger partial charge in [0.1, 0.15) is 0 Å². The average Bonchev–Trinajstić information content (AvgIpc) is 3.00. The molecule has 0 amide bonds. The van der Waals surface area contributed by atoms with Crippen LogP contribution in [0.3, 0.4) is 0 Å². The number of para-hydroxylation sites is 1. The lowest BCUT2D eigenvalue weighted by Gasteiger charge is -2.35. The Bertz CT molecular complexity index is 1460. The first-order chi connectivity index (χ1) is 18.4. The maximum absolute atomic E-state index is 2.51. The molecule has 2 aliphatic carbocycles. The second-order valence-electron chi connectivity index (χ2n) is 9.69. The first-order valence-electron chi connectivity index (χ1n) is 13.2. The van der Waals surface area contributed by atoms with Gasteiger partial charge in [0.2, 0.25) is 0 Å². The Hall–Kier alpha value is -4.36. The van der Waals surface area contributed by atoms with E-state index in [2.05, 4.69) is 157 Å². The van der Waals surface area contributed by atoms with Crippen LogP contribution in [-0.4, -0.2) is 6.04 Å². The molecule has 0 saturated heterocycles. The lowest BCUT2D eigenvalue weighted by Crippen LogP contribution is -2.30. The van der Waals surface area contributed by atoms with Gasteiger partial charge in [-0.15, -0.1) is 0 Å². The van der Waals surface area contributed by atoms with Crippen molar-refractivity contribution in [3.8, 4) is 11.1 Å². The molecular formula is C36H31N. The molecule has 4 aromatic carbocycles. The molecule has 2 atom stereocenters. The highest BCUT2D eigenvalue weighted by Gasteiger charge is 2.23. The van der Waals surface area contributed by atoms with Gasteiger partial charge in [-0.1, -0.05) is 134 Å². The van der Waals surface area contributed by atoms with E-state index in [9.17, 15) is 0 Å². The van der Waals surface area contributed by atoms with E-state index in [-0.39, 0.29) is 6.04 Å². The topological polar surface area (TPSA) is 3.24 Å². The van der Waals surface area contributed by atoms with Gasteiger partial charge in [-0.3, -0.25) is 0 Å². The van der Waals surface area contributed by atoms with E-state index < -0.39 is 0 Å². The lowest BCUT2D eigenvalue weighted by molar-refractivity contribution is 0.786. The van der Waals surface area contributed by atoms with E-state index in [4.69, 9.17) is 0 Å². The summed E-state index contributed by atoms with van der Waals surface area (Å²) in [6.45, 7) is 0. The van der Waals surface area contributed by atoms with E-state index in [0.29, 0.717) is 5.92 Å². The zero-order valence-electron chi connectivity index (χ0n) is 20.9. The zero-order valence-corrected chi connectivity index (χ0v) is 20.9. The van der Waals surface area contributed by atoms with Gasteiger partial charge < -0.3 is 4.90 Å². The Morgan fingerprint density at radius 1 is 0.595 bits per heavy atom. The monoisotopic (exact) mass is 477 g/mol. The molecule has 1 nitrogen and oxygen atoms in total. The van der Waals surface area contributed by atoms with Crippen LogP contribution in [0.25, 0.3) is 16.7 Å². The molecule has 180 valence electrons. The van der Waals surface area contributed by atoms with Crippen LogP contribution in [0.5, 0.6) is 0 Å². The third-order valence-corrected chi connectivity index (χ3v) is 7.34. The molecule has 0 radical (unpaired) electrons. The standard InChI is InChI=1S/C36H31N/c1-4-12-28(13-5-1)30-20-24-33(25-21-30)37(34-26-22-31(23-27-34)29-14-6-2-7-15-29)36-19-11-10-18-35(36)32-16-8-3-9-17-32/h1-14,16-24,26-27,29,33H,15,25H2. The summed E-state index contributed by atoms with van der Waals surface area (Å²) in [5, 5.41) is 0. The Morgan fingerprint density at radius 2 is 1.30 bits per heavy atom. The Balaban J connectivity index is 1.39. The quantitative estimate of drug-likeness (QED) is 0.267. The maximum atomic E-state index is 2.51. The number of benzene rings is 4. The second kappa shape index (κ2) is 10.7. The second-order valence-corrected chi connectivity index (χ2v) is 9.69. The van der Waals surface area contributed by atoms with Crippen molar-refractivity contribution in [2.75, 3.05) is 4.90 Å². The number of hydrogen-bond donors (Lipinski definition) is 0. The van der Waals surface area contributed by atoms with Crippen LogP contribution in [0.15, 0.2) is 152 Å². The minimum Gasteiger partial charge on any atom is -0.334 e. The highest BCUT2D eigenvalue weighted by molar-refractivity contribution is 5.84. The van der Waals surface area contributed by atoms with Crippen molar-refractivity contribution in [3.05, 3.63) is 163 Å². The molecule has 0 heterocycles. The maximum Gasteiger partial charge on any atom is 0.0560 e. The Kier molecular flexibility index (Phi) is 6.68. The number of allylic oxidation sites excluding steroid dienone is 6. The smallest absolute Gasteiger partial charge is 0.0560 e. The number of anilines is 2. The third-order valence-electron chi connectivity index (χ3n) is 7.34. The predicted octanol–water partition coefficient (Wildman–Crippen LogP) is 9.50. The summed E-state index contributed by atoms with van der Waals surface area (Å²) in [6.07, 6.45) is 17.9. The van der Waals surface area contributed by atoms with E-state index in [1.165, 1.54) is 39.2 Å². The van der Waals surface area contributed by atoms with E-state index in [1.54, 1.807) is 0 Å². The van der Waals surface area contributed by atoms with Crippen LogP contribution in [0.2, 0.25) is 0 Å². The highest BCUT2D eigenvalue weighted by atomic mass is 15.2. The normalized spacial score (nSPS) is 18.4. The van der Waals surface area contributed by atoms with Gasteiger partial charge in [0, 0.05) is 22.9 Å². The SMILES string of the molecule is C1=CCC(c2ccc(N(c3ccccc3-c3ccccc3)C3C=CC(c4ccccc4)=CC3)cc2)C=C1. The van der Waals surface area contributed by atoms with Crippen LogP contribution < -0.4 is 4.90 Å². The summed E-state index contributed by atoms with van der Waals surface area (Å²) in [5.41, 5.74) is 8.86. The molecule has 0 saturated carbocycles. The summed E-state index contributed by atoms with van der Waals surface area (Å²) in [6, 6.07) is 39.6. The van der Waals surface area contributed by atoms with Crippen LogP contribution in [0.4, 0.5) is 11.4 Å². The van der Waals surface area contributed by atoms with Crippen molar-refractivity contribution in [1.29, 1.82) is 0 Å². The lowest BCUT2D eigenvalue weighted by atomic mass is 9.91. The molecule has 0 aliphatic heterocycles. The van der Waals surface area contributed by atoms with E-state index >= 15 is 0 Å². The summed E-state index contributed by atoms with van der Waals surface area (Å²) in [7, 11) is 0. The van der Waals surface area contributed by atoms with E-state index in [1.807, 2.05) is 0 Å². The number of nitrogens with zero attached hydrogens (tertiary/aromatic N) is 1. The summed E-state index contributed by atoms with van der Waals surface area (Å²) < 4.78 is 0. The molecule has 2 aliphatic rings. The minimum atomic E-state index is 0.223. The van der Waals surface area contributed by atoms with Crippen LogP contribution in [-0.2, 0) is 0 Å². The van der Waals surface area contributed by atoms with Gasteiger partial charge >= 0.3 is 0 Å². The fraction of sp³-hybridized carbons (Fsp3) is 0.111. The molecule has 0 spiro atoms. The van der Waals surface area contributed by atoms with Crippen molar-refractivity contribution in [1.82, 2.24) is 0 Å². The Morgan fingerprint density at radius 3 is 1.97 bits per heavy atom. The van der Waals surface area contributed by atoms with Crippen molar-refractivity contribution in [2.45, 2.75) is 24.8 Å². The van der Waals surface area contributed by atoms with Crippen molar-refractivity contribution < 1.29 is 0 Å². The predicted molar refractivity (Wildman–Crippen MR) is 158 cm³/mol. The van der Waals surface area contributed by atoms with Gasteiger partial charge in [-0.2, -0.15) is 0 Å². The molecule has 0 bridgehead atoms. The fourth-order valence-corrected chi connectivity index (χ4v) is 5.41. The molecule has 4 aromatic rings. The van der Waals surface area contributed by atoms with Crippen LogP contribution in [0.1, 0.15) is 29.9 Å². The number of hydrogen-bond acceptors (Lipinski definition) is 1. The molecule has 0 N–H and O–H groups in total. The number of rotatable bonds is 6. The van der Waals surface area contributed by atoms with Gasteiger partial charge in [-0.25, -0.2) is 0 Å². The molecule has 1 heteroatoms. The molecular weight excluding hydrogens is 446 g/mol. The zero-order chi connectivity index (χ0) is 24.9. The summed E-state index contributed by atoms with van der Waals surface area (Å²) >= 11 is 0. The Labute approximate surface area is 220 Å². The largest absolute Gasteiger partial charge is 0.334 e. The third kappa shape index (κ3) is 4.99. The summed E-state index contributed by atoms with van der Waals surface area (Å²) in [4.78, 5) is 2.51. The van der Waals surface area contributed by atoms with Crippen LogP contribution in [0, 0.1) is 0 Å². The molecule has 0 fully saturated rings. The molecule has 6 rings (SSSR count). The first kappa shape index (κ1) is 23.1. The van der Waals surface area contributed by atoms with Crippen LogP contribution >= 0.6 is 0 Å². The van der Waals surface area contributed by atoms with E-state index in [0.717, 1.165) is 12.8 Å². The molecule has 0 aromatic heterocycles. The van der Waals surface area contributed by atoms with Crippen molar-refractivity contribution >= 4 is 16.9 Å². The summed E-state index contributed by atoms with van der Waals surface area (Å²) in [5.74, 6) is 0.454. The minimum absolute atomic E-state index is 0.223. The van der Waals surface area contributed by atoms with Crippen molar-refractivity contribution in [2.24, 2.45) is 0 Å². The van der Waals surface area contributed by atoms with Gasteiger partial charge in [-0.05, 0) is 53.3 Å². The average molecular weight is 478 g/mol. The first-order valence-corrected chi connectivity index (χ1v) is 13.2. The molecule has 2 unspecified atom stereocenters. The van der Waals surface area contributed by atoms with Crippen molar-refractivity contribution in [3.63, 3.8) is 0 Å². The van der Waals surface area contributed by atoms with Gasteiger partial charge in [0.15, 0.2) is 0 Å². The fourth-order valence-electron chi connectivity index (χ4n) is 5.41.